The van der Waals surface area contributed by atoms with Crippen molar-refractivity contribution in [3.05, 3.63) is 63.7 Å². The third kappa shape index (κ3) is 5.82. The summed E-state index contributed by atoms with van der Waals surface area (Å²) in [6.45, 7) is 11.5. The summed E-state index contributed by atoms with van der Waals surface area (Å²) in [6.07, 6.45) is 0.411. The van der Waals surface area contributed by atoms with Crippen molar-refractivity contribution in [1.82, 2.24) is 19.4 Å². The molecule has 4 heterocycles. The SMILES string of the molecule is Cc1nc(Cl)c2ccn([C@@H]3C=C(COc4cc(C(F)F)cc5c4CN(C(=O)OC(C)(C)C)CC5)[C@H]4OC(C)(C)O[C@H]43)c2n1. The van der Waals surface area contributed by atoms with Gasteiger partial charge in [-0.2, -0.15) is 0 Å². The number of halogens is 3. The number of rotatable bonds is 5. The molecule has 0 spiro atoms. The number of nitrogens with zero attached hydrogens (tertiary/aromatic N) is 4. The Hall–Kier alpha value is -3.28. The van der Waals surface area contributed by atoms with Gasteiger partial charge in [-0.3, -0.25) is 0 Å². The van der Waals surface area contributed by atoms with Crippen molar-refractivity contribution in [2.24, 2.45) is 0 Å². The van der Waals surface area contributed by atoms with E-state index in [2.05, 4.69) is 9.97 Å². The zero-order valence-electron chi connectivity index (χ0n) is 25.0. The Kier molecular flexibility index (Phi) is 7.42. The third-order valence-electron chi connectivity index (χ3n) is 7.80. The van der Waals surface area contributed by atoms with Gasteiger partial charge in [0.1, 0.15) is 46.8 Å². The second-order valence-electron chi connectivity index (χ2n) is 12.7. The fourth-order valence-electron chi connectivity index (χ4n) is 6.00. The Labute approximate surface area is 253 Å². The molecule has 1 amide bonds. The van der Waals surface area contributed by atoms with Gasteiger partial charge in [0.25, 0.3) is 6.43 Å². The second kappa shape index (κ2) is 10.7. The van der Waals surface area contributed by atoms with Crippen LogP contribution in [0.5, 0.6) is 5.75 Å². The highest BCUT2D eigenvalue weighted by atomic mass is 35.5. The van der Waals surface area contributed by atoms with Crippen LogP contribution >= 0.6 is 11.6 Å². The van der Waals surface area contributed by atoms with Gasteiger partial charge in [0, 0.05) is 23.9 Å². The molecular weight excluding hydrogens is 582 g/mol. The summed E-state index contributed by atoms with van der Waals surface area (Å²) in [5.41, 5.74) is 2.13. The molecule has 3 atom stereocenters. The van der Waals surface area contributed by atoms with E-state index < -0.39 is 30.0 Å². The van der Waals surface area contributed by atoms with E-state index in [-0.39, 0.29) is 30.9 Å². The second-order valence-corrected chi connectivity index (χ2v) is 13.0. The van der Waals surface area contributed by atoms with Gasteiger partial charge in [-0.15, -0.1) is 0 Å². The third-order valence-corrected chi connectivity index (χ3v) is 8.08. The molecule has 0 radical (unpaired) electrons. The zero-order chi connectivity index (χ0) is 30.8. The summed E-state index contributed by atoms with van der Waals surface area (Å²) in [4.78, 5) is 23.3. The molecule has 0 unspecified atom stereocenters. The predicted octanol–water partition coefficient (Wildman–Crippen LogP) is 6.70. The molecule has 1 fully saturated rings. The highest BCUT2D eigenvalue weighted by molar-refractivity contribution is 6.34. The Bertz CT molecular complexity index is 1620. The average Bonchev–Trinajstić information content (AvgIpc) is 3.56. The summed E-state index contributed by atoms with van der Waals surface area (Å²) < 4.78 is 54.3. The molecule has 230 valence electrons. The van der Waals surface area contributed by atoms with Gasteiger partial charge >= 0.3 is 6.09 Å². The molecule has 3 aromatic rings. The summed E-state index contributed by atoms with van der Waals surface area (Å²) in [7, 11) is 0. The number of ether oxygens (including phenoxy) is 4. The molecule has 0 bridgehead atoms. The molecular formula is C31H35ClF2N4O5. The van der Waals surface area contributed by atoms with Crippen LogP contribution < -0.4 is 4.74 Å². The summed E-state index contributed by atoms with van der Waals surface area (Å²) in [6, 6.07) is 4.46. The maximum atomic E-state index is 13.9. The van der Waals surface area contributed by atoms with Crippen molar-refractivity contribution in [2.75, 3.05) is 13.2 Å². The molecule has 12 heteroatoms. The molecule has 9 nitrogen and oxygen atoms in total. The Balaban J connectivity index is 1.31. The van der Waals surface area contributed by atoms with Crippen LogP contribution in [0.1, 0.15) is 69.6 Å². The lowest BCUT2D eigenvalue weighted by Crippen LogP contribution is -2.40. The number of aromatic nitrogens is 3. The van der Waals surface area contributed by atoms with E-state index >= 15 is 0 Å². The number of amides is 1. The van der Waals surface area contributed by atoms with Crippen LogP contribution in [0, 0.1) is 6.92 Å². The van der Waals surface area contributed by atoms with Crippen LogP contribution in [0.3, 0.4) is 0 Å². The van der Waals surface area contributed by atoms with Crippen LogP contribution in [0.25, 0.3) is 11.0 Å². The summed E-state index contributed by atoms with van der Waals surface area (Å²) >= 11 is 6.40. The first-order chi connectivity index (χ1) is 20.2. The van der Waals surface area contributed by atoms with Gasteiger partial charge in [-0.25, -0.2) is 23.5 Å². The molecule has 0 saturated carbocycles. The van der Waals surface area contributed by atoms with Crippen molar-refractivity contribution in [3.63, 3.8) is 0 Å². The van der Waals surface area contributed by atoms with Gasteiger partial charge in [-0.05, 0) is 77.3 Å². The molecule has 43 heavy (non-hydrogen) atoms. The van der Waals surface area contributed by atoms with Gasteiger partial charge in [0.15, 0.2) is 5.79 Å². The topological polar surface area (TPSA) is 87.9 Å². The van der Waals surface area contributed by atoms with E-state index in [9.17, 15) is 13.6 Å². The lowest BCUT2D eigenvalue weighted by Gasteiger charge is -2.32. The predicted molar refractivity (Wildman–Crippen MR) is 155 cm³/mol. The maximum absolute atomic E-state index is 13.9. The van der Waals surface area contributed by atoms with E-state index in [0.29, 0.717) is 40.9 Å². The zero-order valence-corrected chi connectivity index (χ0v) is 25.7. The highest BCUT2D eigenvalue weighted by Gasteiger charge is 2.51. The van der Waals surface area contributed by atoms with Crippen molar-refractivity contribution < 1.29 is 32.5 Å². The molecule has 1 aromatic carbocycles. The van der Waals surface area contributed by atoms with Crippen molar-refractivity contribution >= 4 is 28.7 Å². The molecule has 1 aliphatic carbocycles. The number of alkyl halides is 2. The summed E-state index contributed by atoms with van der Waals surface area (Å²) in [5, 5.41) is 1.10. The fourth-order valence-corrected chi connectivity index (χ4v) is 6.27. The quantitative estimate of drug-likeness (QED) is 0.233. The summed E-state index contributed by atoms with van der Waals surface area (Å²) in [5.74, 6) is 0.00983. The molecule has 2 aliphatic heterocycles. The minimum Gasteiger partial charge on any atom is -0.489 e. The van der Waals surface area contributed by atoms with Gasteiger partial charge in [0.05, 0.1) is 18.0 Å². The van der Waals surface area contributed by atoms with Gasteiger partial charge in [0.2, 0.25) is 0 Å². The molecule has 0 N–H and O–H groups in total. The minimum atomic E-state index is -2.66. The standard InChI is InChI=1S/C31H35ClF2N4O5/c1-16-35-26(32)20-8-10-38(28(20)36-16)22-12-19(24-25(22)42-31(5,6)41-24)15-40-23-13-18(27(33)34)11-17-7-9-37(14-21(17)23)29(39)43-30(2,3)4/h8,10-13,22,24-25,27H,7,9,14-15H2,1-6H3/t22-,24-,25+/m1/s1. The van der Waals surface area contributed by atoms with Crippen molar-refractivity contribution in [3.8, 4) is 5.75 Å². The number of fused-ring (bicyclic) bond motifs is 3. The Morgan fingerprint density at radius 3 is 2.72 bits per heavy atom. The van der Waals surface area contributed by atoms with Crippen molar-refractivity contribution in [2.45, 2.75) is 90.6 Å². The van der Waals surface area contributed by atoms with E-state index in [1.165, 1.54) is 12.1 Å². The first-order valence-electron chi connectivity index (χ1n) is 14.3. The van der Waals surface area contributed by atoms with Crippen LogP contribution in [-0.2, 0) is 27.2 Å². The molecule has 6 rings (SSSR count). The number of aryl methyl sites for hydroxylation is 1. The molecule has 2 aromatic heterocycles. The number of carbonyl (C=O) groups excluding carboxylic acids is 1. The van der Waals surface area contributed by atoms with Gasteiger partial charge < -0.3 is 28.4 Å². The number of hydrogen-bond donors (Lipinski definition) is 0. The molecule has 1 saturated heterocycles. The molecule has 3 aliphatic rings. The Morgan fingerprint density at radius 2 is 2.00 bits per heavy atom. The van der Waals surface area contributed by atoms with Crippen molar-refractivity contribution in [1.29, 1.82) is 0 Å². The van der Waals surface area contributed by atoms with Crippen LogP contribution in [0.4, 0.5) is 13.6 Å². The lowest BCUT2D eigenvalue weighted by molar-refractivity contribution is -0.148. The fraction of sp³-hybridized carbons (Fsp3) is 0.516. The minimum absolute atomic E-state index is 0.0800. The Morgan fingerprint density at radius 1 is 1.23 bits per heavy atom. The monoisotopic (exact) mass is 616 g/mol. The van der Waals surface area contributed by atoms with Crippen LogP contribution in [0.2, 0.25) is 5.15 Å². The van der Waals surface area contributed by atoms with E-state index in [0.717, 1.165) is 16.5 Å². The van der Waals surface area contributed by atoms with E-state index in [4.69, 9.17) is 30.5 Å². The number of carbonyl (C=O) groups is 1. The largest absolute Gasteiger partial charge is 0.489 e. The van der Waals surface area contributed by atoms with Gasteiger partial charge in [-0.1, -0.05) is 17.7 Å². The van der Waals surface area contributed by atoms with E-state index in [1.807, 2.05) is 36.8 Å². The normalized spacial score (nSPS) is 23.0. The first-order valence-corrected chi connectivity index (χ1v) is 14.7. The smallest absolute Gasteiger partial charge is 0.410 e. The van der Waals surface area contributed by atoms with Crippen LogP contribution in [0.15, 0.2) is 36.0 Å². The first kappa shape index (κ1) is 29.8. The number of hydrogen-bond acceptors (Lipinski definition) is 7. The lowest BCUT2D eigenvalue weighted by atomic mass is 9.96. The van der Waals surface area contributed by atoms with Crippen LogP contribution in [-0.4, -0.2) is 62.3 Å². The average molecular weight is 617 g/mol. The number of benzene rings is 1. The maximum Gasteiger partial charge on any atom is 0.410 e. The van der Waals surface area contributed by atoms with E-state index in [1.54, 1.807) is 32.6 Å². The highest BCUT2D eigenvalue weighted by Crippen LogP contribution is 2.45.